The van der Waals surface area contributed by atoms with Crippen LogP contribution in [0.2, 0.25) is 0 Å². The normalized spacial score (nSPS) is 20.3. The van der Waals surface area contributed by atoms with Crippen LogP contribution in [0.25, 0.3) is 0 Å². The topological polar surface area (TPSA) is 74.2 Å². The number of ether oxygens (including phenoxy) is 1. The molecule has 0 radical (unpaired) electrons. The van der Waals surface area contributed by atoms with Crippen molar-refractivity contribution in [3.05, 3.63) is 53.6 Å². The molecular weight excluding hydrogens is 326 g/mol. The van der Waals surface area contributed by atoms with Crippen molar-refractivity contribution in [1.82, 2.24) is 0 Å². The summed E-state index contributed by atoms with van der Waals surface area (Å²) in [4.78, 5) is 11.2. The third kappa shape index (κ3) is 2.71. The molecule has 6 heteroatoms. The number of hydrogen-bond acceptors (Lipinski definition) is 4. The van der Waals surface area contributed by atoms with Crippen LogP contribution in [-0.2, 0) is 4.79 Å². The first-order valence-electron chi connectivity index (χ1n) is 7.63. The van der Waals surface area contributed by atoms with Gasteiger partial charge in [-0.25, -0.2) is 0 Å². The molecule has 0 spiro atoms. The Hall–Kier alpha value is -2.53. The first kappa shape index (κ1) is 16.3. The summed E-state index contributed by atoms with van der Waals surface area (Å²) in [5, 5.41) is 14.5. The summed E-state index contributed by atoms with van der Waals surface area (Å²) in [7, 11) is 0. The van der Waals surface area contributed by atoms with Gasteiger partial charge >= 0.3 is 0 Å². The van der Waals surface area contributed by atoms with Gasteiger partial charge in [0.15, 0.2) is 0 Å². The fraction of sp³-hybridized carbons (Fsp3) is 0.222. The Balaban J connectivity index is 0.00000169. The molecule has 124 valence electrons. The number of halogens is 1. The lowest BCUT2D eigenvalue weighted by atomic mass is 9.83. The minimum Gasteiger partial charge on any atom is -0.485 e. The smallest absolute Gasteiger partial charge is 0.221 e. The highest BCUT2D eigenvalue weighted by molar-refractivity contribution is 6.01. The van der Waals surface area contributed by atoms with Crippen LogP contribution in [0.3, 0.4) is 0 Å². The molecule has 0 aromatic heterocycles. The Labute approximate surface area is 146 Å². The van der Waals surface area contributed by atoms with Crippen LogP contribution in [-0.4, -0.2) is 17.7 Å². The van der Waals surface area contributed by atoms with E-state index in [2.05, 4.69) is 10.6 Å². The summed E-state index contributed by atoms with van der Waals surface area (Å²) in [6.45, 7) is 1.48. The maximum absolute atomic E-state index is 11.2. The van der Waals surface area contributed by atoms with Crippen LogP contribution in [0.1, 0.15) is 30.5 Å². The van der Waals surface area contributed by atoms with Crippen molar-refractivity contribution in [2.75, 3.05) is 10.6 Å². The quantitative estimate of drug-likeness (QED) is 0.738. The first-order chi connectivity index (χ1) is 11.1. The lowest BCUT2D eigenvalue weighted by molar-refractivity contribution is -0.114. The largest absolute Gasteiger partial charge is 0.485 e. The molecule has 0 saturated heterocycles. The highest BCUT2D eigenvalue weighted by Crippen LogP contribution is 2.43. The van der Waals surface area contributed by atoms with Crippen LogP contribution in [0, 0.1) is 5.41 Å². The SMILES string of the molecule is CC(=O)Nc1ccc2c(c1)OC1CC(=N)c3ccccc3C1N2.Cl. The number of carbonyl (C=O) groups is 1. The van der Waals surface area contributed by atoms with Crippen molar-refractivity contribution in [1.29, 1.82) is 5.41 Å². The van der Waals surface area contributed by atoms with Crippen LogP contribution >= 0.6 is 12.4 Å². The molecular formula is C18H18ClN3O2. The van der Waals surface area contributed by atoms with E-state index >= 15 is 0 Å². The summed E-state index contributed by atoms with van der Waals surface area (Å²) >= 11 is 0. The molecule has 4 rings (SSSR count). The van der Waals surface area contributed by atoms with Gasteiger partial charge in [-0.15, -0.1) is 12.4 Å². The summed E-state index contributed by atoms with van der Waals surface area (Å²) in [5.74, 6) is 0.602. The van der Waals surface area contributed by atoms with E-state index in [1.165, 1.54) is 6.92 Å². The van der Waals surface area contributed by atoms with Crippen LogP contribution in [0.15, 0.2) is 42.5 Å². The van der Waals surface area contributed by atoms with Crippen molar-refractivity contribution in [2.45, 2.75) is 25.5 Å². The minimum absolute atomic E-state index is 0. The van der Waals surface area contributed by atoms with E-state index in [0.29, 0.717) is 23.6 Å². The van der Waals surface area contributed by atoms with E-state index < -0.39 is 0 Å². The Kier molecular flexibility index (Phi) is 4.20. The van der Waals surface area contributed by atoms with Gasteiger partial charge in [0.05, 0.1) is 11.7 Å². The van der Waals surface area contributed by atoms with E-state index in [4.69, 9.17) is 10.1 Å². The molecule has 1 aliphatic carbocycles. The second-order valence-corrected chi connectivity index (χ2v) is 5.94. The number of fused-ring (bicyclic) bond motifs is 4. The Bertz CT molecular complexity index is 822. The van der Waals surface area contributed by atoms with Gasteiger partial charge in [0.2, 0.25) is 5.91 Å². The fourth-order valence-electron chi connectivity index (χ4n) is 3.30. The molecule has 2 aromatic rings. The molecule has 2 atom stereocenters. The second kappa shape index (κ2) is 6.17. The van der Waals surface area contributed by atoms with Crippen LogP contribution in [0.5, 0.6) is 5.75 Å². The molecule has 2 aromatic carbocycles. The van der Waals surface area contributed by atoms with Gasteiger partial charge in [0.25, 0.3) is 0 Å². The number of carbonyl (C=O) groups excluding carboxylic acids is 1. The second-order valence-electron chi connectivity index (χ2n) is 5.94. The zero-order valence-electron chi connectivity index (χ0n) is 13.1. The lowest BCUT2D eigenvalue weighted by Crippen LogP contribution is -2.40. The van der Waals surface area contributed by atoms with Crippen molar-refractivity contribution >= 4 is 35.4 Å². The number of benzene rings is 2. The number of nitrogens with one attached hydrogen (secondary N) is 3. The maximum atomic E-state index is 11.2. The van der Waals surface area contributed by atoms with Crippen molar-refractivity contribution in [2.24, 2.45) is 0 Å². The van der Waals surface area contributed by atoms with Gasteiger partial charge < -0.3 is 20.8 Å². The zero-order chi connectivity index (χ0) is 16.0. The van der Waals surface area contributed by atoms with Gasteiger partial charge in [-0.05, 0) is 17.7 Å². The van der Waals surface area contributed by atoms with Gasteiger partial charge in [-0.3, -0.25) is 4.79 Å². The lowest BCUT2D eigenvalue weighted by Gasteiger charge is -2.39. The molecule has 5 nitrogen and oxygen atoms in total. The standard InChI is InChI=1S/C18H17N3O2.ClH/c1-10(22)20-11-6-7-15-16(8-11)23-17-9-14(19)12-4-2-3-5-13(12)18(17)21-15;/h2-8,17-19,21H,9H2,1H3,(H,20,22);1H. The summed E-state index contributed by atoms with van der Waals surface area (Å²) in [5.41, 5.74) is 4.31. The van der Waals surface area contributed by atoms with E-state index in [1.807, 2.05) is 42.5 Å². The molecule has 0 saturated carbocycles. The van der Waals surface area contributed by atoms with Crippen molar-refractivity contribution < 1.29 is 9.53 Å². The molecule has 24 heavy (non-hydrogen) atoms. The van der Waals surface area contributed by atoms with Crippen molar-refractivity contribution in [3.63, 3.8) is 0 Å². The van der Waals surface area contributed by atoms with E-state index in [1.54, 1.807) is 0 Å². The average Bonchev–Trinajstić information content (AvgIpc) is 2.53. The number of amides is 1. The fourth-order valence-corrected chi connectivity index (χ4v) is 3.30. The molecule has 1 amide bonds. The van der Waals surface area contributed by atoms with Gasteiger partial charge in [0.1, 0.15) is 11.9 Å². The Morgan fingerprint density at radius 3 is 2.88 bits per heavy atom. The van der Waals surface area contributed by atoms with Crippen LogP contribution in [0.4, 0.5) is 11.4 Å². The van der Waals surface area contributed by atoms with Gasteiger partial charge in [-0.2, -0.15) is 0 Å². The third-order valence-corrected chi connectivity index (χ3v) is 4.29. The minimum atomic E-state index is -0.113. The maximum Gasteiger partial charge on any atom is 0.221 e. The average molecular weight is 344 g/mol. The first-order valence-corrected chi connectivity index (χ1v) is 7.63. The number of rotatable bonds is 1. The molecule has 0 bridgehead atoms. The van der Waals surface area contributed by atoms with Crippen LogP contribution < -0.4 is 15.4 Å². The highest BCUT2D eigenvalue weighted by atomic mass is 35.5. The predicted molar refractivity (Wildman–Crippen MR) is 96.7 cm³/mol. The summed E-state index contributed by atoms with van der Waals surface area (Å²) in [6, 6.07) is 13.6. The molecule has 1 aliphatic heterocycles. The predicted octanol–water partition coefficient (Wildman–Crippen LogP) is 3.75. The van der Waals surface area contributed by atoms with Crippen molar-refractivity contribution in [3.8, 4) is 5.75 Å². The Morgan fingerprint density at radius 2 is 2.08 bits per heavy atom. The van der Waals surface area contributed by atoms with E-state index in [9.17, 15) is 4.79 Å². The summed E-state index contributed by atoms with van der Waals surface area (Å²) < 4.78 is 6.13. The molecule has 3 N–H and O–H groups in total. The van der Waals surface area contributed by atoms with Gasteiger partial charge in [-0.1, -0.05) is 24.3 Å². The number of hydrogen-bond donors (Lipinski definition) is 3. The molecule has 0 fully saturated rings. The molecule has 2 unspecified atom stereocenters. The highest BCUT2D eigenvalue weighted by Gasteiger charge is 2.37. The van der Waals surface area contributed by atoms with E-state index in [0.717, 1.165) is 16.8 Å². The monoisotopic (exact) mass is 343 g/mol. The summed E-state index contributed by atoms with van der Waals surface area (Å²) in [6.07, 6.45) is 0.454. The van der Waals surface area contributed by atoms with Gasteiger partial charge in [0, 0.05) is 36.4 Å². The van der Waals surface area contributed by atoms with E-state index in [-0.39, 0.29) is 30.5 Å². The molecule has 2 aliphatic rings. The third-order valence-electron chi connectivity index (χ3n) is 4.29. The Morgan fingerprint density at radius 1 is 1.29 bits per heavy atom. The zero-order valence-corrected chi connectivity index (χ0v) is 13.9. The molecule has 1 heterocycles. The number of anilines is 2.